The molecule has 1 N–H and O–H groups in total. The topological polar surface area (TPSA) is 29.9 Å². The number of halogens is 2. The molecule has 0 radical (unpaired) electrons. The molecule has 5 heteroatoms. The molecule has 1 aromatic carbocycles. The molecular weight excluding hydrogens is 309 g/mol. The summed E-state index contributed by atoms with van der Waals surface area (Å²) in [7, 11) is 0. The van der Waals surface area contributed by atoms with Gasteiger partial charge >= 0.3 is 0 Å². The Kier molecular flexibility index (Phi) is 4.71. The lowest BCUT2D eigenvalue weighted by atomic mass is 10.2. The Hall–Kier alpha value is -1.20. The lowest BCUT2D eigenvalue weighted by Gasteiger charge is -2.12. The van der Waals surface area contributed by atoms with Crippen molar-refractivity contribution in [3.8, 4) is 0 Å². The summed E-state index contributed by atoms with van der Waals surface area (Å²) >= 11 is 3.46. The van der Waals surface area contributed by atoms with Crippen molar-refractivity contribution in [3.63, 3.8) is 0 Å². The minimum atomic E-state index is -0.218. The molecule has 0 aliphatic heterocycles. The number of nitrogens with one attached hydrogen (secondary N) is 1. The van der Waals surface area contributed by atoms with Crippen LogP contribution >= 0.6 is 15.9 Å². The first-order valence-electron chi connectivity index (χ1n) is 6.27. The summed E-state index contributed by atoms with van der Waals surface area (Å²) in [5.74, 6) is 0.716. The van der Waals surface area contributed by atoms with Crippen LogP contribution in [-0.2, 0) is 13.1 Å². The summed E-state index contributed by atoms with van der Waals surface area (Å²) in [5, 5.41) is 3.28. The first-order valence-corrected chi connectivity index (χ1v) is 7.06. The molecular formula is C14H17BrFN3. The minimum absolute atomic E-state index is 0.218. The monoisotopic (exact) mass is 325 g/mol. The van der Waals surface area contributed by atoms with Gasteiger partial charge in [-0.15, -0.1) is 0 Å². The summed E-state index contributed by atoms with van der Waals surface area (Å²) in [4.78, 5) is 4.33. The van der Waals surface area contributed by atoms with Gasteiger partial charge in [0.25, 0.3) is 0 Å². The van der Waals surface area contributed by atoms with E-state index in [2.05, 4.69) is 37.7 Å². The molecule has 3 nitrogen and oxygen atoms in total. The van der Waals surface area contributed by atoms with Crippen molar-refractivity contribution in [3.05, 3.63) is 51.8 Å². The lowest BCUT2D eigenvalue weighted by Crippen LogP contribution is -2.16. The Morgan fingerprint density at radius 1 is 1.42 bits per heavy atom. The van der Waals surface area contributed by atoms with Gasteiger partial charge in [-0.2, -0.15) is 0 Å². The predicted molar refractivity (Wildman–Crippen MR) is 77.5 cm³/mol. The van der Waals surface area contributed by atoms with Crippen LogP contribution in [0.3, 0.4) is 0 Å². The van der Waals surface area contributed by atoms with Crippen LogP contribution in [0.5, 0.6) is 0 Å². The second-order valence-corrected chi connectivity index (χ2v) is 5.25. The number of hydrogen-bond donors (Lipinski definition) is 1. The molecule has 0 atom stereocenters. The third kappa shape index (κ3) is 3.42. The summed E-state index contributed by atoms with van der Waals surface area (Å²) in [6.07, 6.45) is 1.87. The van der Waals surface area contributed by atoms with Gasteiger partial charge < -0.3 is 9.88 Å². The van der Waals surface area contributed by atoms with Crippen LogP contribution in [0.4, 0.5) is 4.39 Å². The maximum Gasteiger partial charge on any atom is 0.123 e. The normalized spacial score (nSPS) is 10.9. The maximum absolute atomic E-state index is 13.3. The maximum atomic E-state index is 13.3. The van der Waals surface area contributed by atoms with Crippen LogP contribution in [0.2, 0.25) is 0 Å². The number of imidazole rings is 1. The Balaban J connectivity index is 2.27. The molecule has 2 rings (SSSR count). The van der Waals surface area contributed by atoms with Crippen molar-refractivity contribution in [2.45, 2.75) is 26.9 Å². The fraction of sp³-hybridized carbons (Fsp3) is 0.357. The average molecular weight is 326 g/mol. The fourth-order valence-electron chi connectivity index (χ4n) is 1.96. The molecule has 0 unspecified atom stereocenters. The van der Waals surface area contributed by atoms with E-state index < -0.39 is 0 Å². The molecule has 0 spiro atoms. The molecule has 0 bridgehead atoms. The Labute approximate surface area is 121 Å². The van der Waals surface area contributed by atoms with E-state index in [1.165, 1.54) is 6.07 Å². The quantitative estimate of drug-likeness (QED) is 0.914. The van der Waals surface area contributed by atoms with Gasteiger partial charge in [-0.25, -0.2) is 9.37 Å². The first-order chi connectivity index (χ1) is 9.11. The highest BCUT2D eigenvalue weighted by Gasteiger charge is 2.09. The molecule has 0 aliphatic carbocycles. The summed E-state index contributed by atoms with van der Waals surface area (Å²) in [6.45, 7) is 6.32. The van der Waals surface area contributed by atoms with Crippen LogP contribution in [0.1, 0.15) is 24.0 Å². The molecule has 0 amide bonds. The van der Waals surface area contributed by atoms with Crippen LogP contribution in [0, 0.1) is 12.7 Å². The zero-order chi connectivity index (χ0) is 13.8. The third-order valence-electron chi connectivity index (χ3n) is 3.03. The summed E-state index contributed by atoms with van der Waals surface area (Å²) in [5.41, 5.74) is 2.02. The van der Waals surface area contributed by atoms with Gasteiger partial charge in [0.2, 0.25) is 0 Å². The highest BCUT2D eigenvalue weighted by molar-refractivity contribution is 9.10. The SMILES string of the molecule is CCNCc1cnc(C)n1Cc1cc(F)ccc1Br. The van der Waals surface area contributed by atoms with Gasteiger partial charge in [0, 0.05) is 17.2 Å². The smallest absolute Gasteiger partial charge is 0.123 e. The number of aryl methyl sites for hydroxylation is 1. The van der Waals surface area contributed by atoms with Crippen LogP contribution < -0.4 is 5.32 Å². The molecule has 1 aromatic heterocycles. The van der Waals surface area contributed by atoms with Gasteiger partial charge in [0.15, 0.2) is 0 Å². The molecule has 102 valence electrons. The van der Waals surface area contributed by atoms with Crippen molar-refractivity contribution >= 4 is 15.9 Å². The van der Waals surface area contributed by atoms with Crippen LogP contribution in [-0.4, -0.2) is 16.1 Å². The van der Waals surface area contributed by atoms with Crippen molar-refractivity contribution < 1.29 is 4.39 Å². The van der Waals surface area contributed by atoms with Gasteiger partial charge in [0.1, 0.15) is 11.6 Å². The highest BCUT2D eigenvalue weighted by Crippen LogP contribution is 2.20. The van der Waals surface area contributed by atoms with Crippen LogP contribution in [0.15, 0.2) is 28.9 Å². The second-order valence-electron chi connectivity index (χ2n) is 4.40. The largest absolute Gasteiger partial charge is 0.327 e. The minimum Gasteiger partial charge on any atom is -0.327 e. The predicted octanol–water partition coefficient (Wildman–Crippen LogP) is 3.25. The van der Waals surface area contributed by atoms with Crippen molar-refractivity contribution in [1.29, 1.82) is 0 Å². The number of benzene rings is 1. The van der Waals surface area contributed by atoms with E-state index in [4.69, 9.17) is 0 Å². The van der Waals surface area contributed by atoms with Gasteiger partial charge in [0.05, 0.1) is 12.2 Å². The van der Waals surface area contributed by atoms with E-state index in [0.29, 0.717) is 6.54 Å². The van der Waals surface area contributed by atoms with E-state index in [0.717, 1.165) is 34.6 Å². The number of aromatic nitrogens is 2. The molecule has 2 aromatic rings. The van der Waals surface area contributed by atoms with Crippen molar-refractivity contribution in [1.82, 2.24) is 14.9 Å². The molecule has 1 heterocycles. The molecule has 0 aliphatic rings. The van der Waals surface area contributed by atoms with Crippen molar-refractivity contribution in [2.24, 2.45) is 0 Å². The molecule has 0 fully saturated rings. The Morgan fingerprint density at radius 3 is 2.95 bits per heavy atom. The number of hydrogen-bond acceptors (Lipinski definition) is 2. The van der Waals surface area contributed by atoms with Gasteiger partial charge in [-0.05, 0) is 37.2 Å². The highest BCUT2D eigenvalue weighted by atomic mass is 79.9. The van der Waals surface area contributed by atoms with E-state index >= 15 is 0 Å². The molecule has 0 saturated heterocycles. The first kappa shape index (κ1) is 14.2. The molecule has 19 heavy (non-hydrogen) atoms. The standard InChI is InChI=1S/C14H17BrFN3/c1-3-17-7-13-8-18-10(2)19(13)9-11-6-12(16)4-5-14(11)15/h4-6,8,17H,3,7,9H2,1-2H3. The zero-order valence-electron chi connectivity index (χ0n) is 11.1. The van der Waals surface area contributed by atoms with Gasteiger partial charge in [-0.3, -0.25) is 0 Å². The number of nitrogens with zero attached hydrogens (tertiary/aromatic N) is 2. The Morgan fingerprint density at radius 2 is 2.21 bits per heavy atom. The van der Waals surface area contributed by atoms with Crippen molar-refractivity contribution in [2.75, 3.05) is 6.54 Å². The second kappa shape index (κ2) is 6.30. The van der Waals surface area contributed by atoms with Crippen LogP contribution in [0.25, 0.3) is 0 Å². The molecule has 0 saturated carbocycles. The van der Waals surface area contributed by atoms with E-state index in [9.17, 15) is 4.39 Å². The van der Waals surface area contributed by atoms with E-state index in [1.807, 2.05) is 13.1 Å². The fourth-order valence-corrected chi connectivity index (χ4v) is 2.33. The number of rotatable bonds is 5. The zero-order valence-corrected chi connectivity index (χ0v) is 12.7. The summed E-state index contributed by atoms with van der Waals surface area (Å²) < 4.78 is 16.3. The third-order valence-corrected chi connectivity index (χ3v) is 3.80. The Bertz CT molecular complexity index is 566. The van der Waals surface area contributed by atoms with E-state index in [1.54, 1.807) is 12.1 Å². The van der Waals surface area contributed by atoms with Gasteiger partial charge in [-0.1, -0.05) is 22.9 Å². The summed E-state index contributed by atoms with van der Waals surface area (Å²) in [6, 6.07) is 4.75. The van der Waals surface area contributed by atoms with E-state index in [-0.39, 0.29) is 5.82 Å². The lowest BCUT2D eigenvalue weighted by molar-refractivity contribution is 0.616. The average Bonchev–Trinajstić information content (AvgIpc) is 2.73.